The summed E-state index contributed by atoms with van der Waals surface area (Å²) >= 11 is 0. The molecule has 1 aromatic heterocycles. The first-order valence-electron chi connectivity index (χ1n) is 14.8. The van der Waals surface area contributed by atoms with Gasteiger partial charge in [-0.3, -0.25) is 10.1 Å². The van der Waals surface area contributed by atoms with Crippen molar-refractivity contribution in [3.05, 3.63) is 88.9 Å². The highest BCUT2D eigenvalue weighted by atomic mass is 19.1. The van der Waals surface area contributed by atoms with E-state index in [2.05, 4.69) is 15.6 Å². The number of nitrogens with two attached hydrogens (primary N) is 1. The first kappa shape index (κ1) is 31.5. The molecule has 2 amide bonds. The van der Waals surface area contributed by atoms with Crippen LogP contribution in [0.1, 0.15) is 48.1 Å². The zero-order chi connectivity index (χ0) is 32.2. The fourth-order valence-electron chi connectivity index (χ4n) is 5.45. The number of hydrogen-bond acceptors (Lipinski definition) is 8. The fraction of sp³-hybridized carbons (Fsp3) is 0.324. The first-order chi connectivity index (χ1) is 21.5. The summed E-state index contributed by atoms with van der Waals surface area (Å²) in [5.74, 6) is -1.02. The van der Waals surface area contributed by atoms with Gasteiger partial charge >= 0.3 is 6.09 Å². The van der Waals surface area contributed by atoms with Crippen molar-refractivity contribution in [3.8, 4) is 5.75 Å². The minimum atomic E-state index is -0.801. The number of ether oxygens (including phenoxy) is 2. The van der Waals surface area contributed by atoms with E-state index in [0.29, 0.717) is 17.1 Å². The van der Waals surface area contributed by atoms with Crippen LogP contribution in [0.5, 0.6) is 5.75 Å². The van der Waals surface area contributed by atoms with Crippen LogP contribution in [0.25, 0.3) is 10.8 Å². The van der Waals surface area contributed by atoms with Crippen molar-refractivity contribution < 1.29 is 28.6 Å². The van der Waals surface area contributed by atoms with Gasteiger partial charge in [0, 0.05) is 66.6 Å². The summed E-state index contributed by atoms with van der Waals surface area (Å²) in [7, 11) is 1.63. The zero-order valence-corrected chi connectivity index (χ0v) is 25.8. The van der Waals surface area contributed by atoms with E-state index in [1.807, 2.05) is 56.3 Å². The number of nitrogens with one attached hydrogen (secondary N) is 2. The van der Waals surface area contributed by atoms with Gasteiger partial charge in [-0.15, -0.1) is 0 Å². The van der Waals surface area contributed by atoms with Gasteiger partial charge in [0.25, 0.3) is 0 Å². The first-order valence-corrected chi connectivity index (χ1v) is 14.8. The Kier molecular flexibility index (Phi) is 9.38. The smallest absolute Gasteiger partial charge is 0.411 e. The van der Waals surface area contributed by atoms with Crippen molar-refractivity contribution in [3.63, 3.8) is 0 Å². The highest BCUT2D eigenvalue weighted by Gasteiger charge is 2.27. The Morgan fingerprint density at radius 3 is 2.76 bits per heavy atom. The molecule has 11 heteroatoms. The fourth-order valence-corrected chi connectivity index (χ4v) is 5.45. The zero-order valence-electron chi connectivity index (χ0n) is 25.8. The standard InChI is InChI=1S/C34H38FN5O5/c1-19(16-41)17-44-31-24-13-26(14-29(31)35)39-34(43)45-18-21(3)27-7-5-23(11-20(27)2)30(33(42)40(4)15-24)38-25-6-8-28-22(12-25)9-10-37-32(28)36/h5-14,19,21,30,38,41H,15-18H2,1-4H3,(H2,36,37)(H,39,43). The lowest BCUT2D eigenvalue weighted by Gasteiger charge is -2.28. The highest BCUT2D eigenvalue weighted by molar-refractivity contribution is 5.94. The Labute approximate surface area is 261 Å². The molecule has 4 bridgehead atoms. The van der Waals surface area contributed by atoms with Gasteiger partial charge in [0.2, 0.25) is 5.91 Å². The molecular weight excluding hydrogens is 577 g/mol. The van der Waals surface area contributed by atoms with Crippen LogP contribution < -0.4 is 21.1 Å². The number of aromatic nitrogens is 1. The second kappa shape index (κ2) is 13.4. The predicted octanol–water partition coefficient (Wildman–Crippen LogP) is 5.75. The van der Waals surface area contributed by atoms with E-state index in [1.54, 1.807) is 26.2 Å². The lowest BCUT2D eigenvalue weighted by Crippen LogP contribution is -2.35. The number of aliphatic hydroxyl groups is 1. The molecule has 0 saturated carbocycles. The topological polar surface area (TPSA) is 139 Å². The van der Waals surface area contributed by atoms with Crippen LogP contribution in [-0.4, -0.2) is 53.9 Å². The molecule has 3 heterocycles. The van der Waals surface area contributed by atoms with Gasteiger partial charge in [-0.05, 0) is 59.3 Å². The molecule has 3 unspecified atom stereocenters. The Morgan fingerprint density at radius 2 is 2.00 bits per heavy atom. The van der Waals surface area contributed by atoms with Crippen molar-refractivity contribution in [1.82, 2.24) is 9.88 Å². The number of carbonyl (C=O) groups excluding carboxylic acids is 2. The number of rotatable bonds is 6. The predicted molar refractivity (Wildman–Crippen MR) is 172 cm³/mol. The number of amides is 2. The SMILES string of the molecule is Cc1cc2ccc1C(C)COC(=O)Nc1cc(F)c(OCC(C)CO)c(c1)CN(C)C(=O)C2Nc1ccc2c(N)nccc2c1. The van der Waals surface area contributed by atoms with Gasteiger partial charge in [-0.2, -0.15) is 0 Å². The summed E-state index contributed by atoms with van der Waals surface area (Å²) in [6.45, 7) is 5.66. The Hall–Kier alpha value is -4.90. The van der Waals surface area contributed by atoms with E-state index in [4.69, 9.17) is 15.2 Å². The van der Waals surface area contributed by atoms with Crippen molar-refractivity contribution in [1.29, 1.82) is 0 Å². The number of pyridine rings is 1. The highest BCUT2D eigenvalue weighted by Crippen LogP contribution is 2.33. The lowest BCUT2D eigenvalue weighted by molar-refractivity contribution is -0.131. The molecule has 45 heavy (non-hydrogen) atoms. The second-order valence-corrected chi connectivity index (χ2v) is 11.7. The Balaban J connectivity index is 1.57. The molecule has 0 aliphatic carbocycles. The van der Waals surface area contributed by atoms with Crippen molar-refractivity contribution >= 4 is 40.0 Å². The molecule has 0 saturated heterocycles. The molecule has 10 nitrogen and oxygen atoms in total. The maximum absolute atomic E-state index is 15.4. The summed E-state index contributed by atoms with van der Waals surface area (Å²) in [4.78, 5) is 32.5. The number of nitrogens with zero attached hydrogens (tertiary/aromatic N) is 2. The maximum Gasteiger partial charge on any atom is 0.411 e. The number of carbonyl (C=O) groups is 2. The number of halogens is 1. The van der Waals surface area contributed by atoms with Crippen molar-refractivity contribution in [2.24, 2.45) is 5.92 Å². The third-order valence-corrected chi connectivity index (χ3v) is 7.95. The molecule has 0 spiro atoms. The molecule has 3 aromatic carbocycles. The molecule has 4 aromatic rings. The molecular formula is C34H38FN5O5. The van der Waals surface area contributed by atoms with Crippen LogP contribution in [0.4, 0.5) is 26.4 Å². The number of aryl methyl sites for hydroxylation is 1. The number of benzene rings is 3. The van der Waals surface area contributed by atoms with Crippen LogP contribution in [0.15, 0.2) is 60.8 Å². The van der Waals surface area contributed by atoms with Gasteiger partial charge in [-0.1, -0.05) is 32.0 Å². The van der Waals surface area contributed by atoms with Gasteiger partial charge < -0.3 is 30.5 Å². The third kappa shape index (κ3) is 7.09. The Morgan fingerprint density at radius 1 is 1.20 bits per heavy atom. The lowest BCUT2D eigenvalue weighted by atomic mass is 9.93. The number of nitrogen functional groups attached to an aromatic ring is 1. The van der Waals surface area contributed by atoms with Crippen molar-refractivity contribution in [2.75, 3.05) is 43.2 Å². The maximum atomic E-state index is 15.4. The van der Waals surface area contributed by atoms with E-state index in [9.17, 15) is 14.7 Å². The molecule has 0 fully saturated rings. The second-order valence-electron chi connectivity index (χ2n) is 11.7. The van der Waals surface area contributed by atoms with E-state index < -0.39 is 18.0 Å². The number of likely N-dealkylation sites (N-methyl/N-ethyl adjacent to an activating group) is 1. The van der Waals surface area contributed by atoms with Crippen LogP contribution >= 0.6 is 0 Å². The monoisotopic (exact) mass is 615 g/mol. The molecule has 0 radical (unpaired) electrons. The minimum Gasteiger partial charge on any atom is -0.490 e. The van der Waals surface area contributed by atoms with E-state index in [1.165, 1.54) is 4.90 Å². The molecule has 5 N–H and O–H groups in total. The summed E-state index contributed by atoms with van der Waals surface area (Å²) in [5, 5.41) is 17.1. The summed E-state index contributed by atoms with van der Waals surface area (Å²) in [6, 6.07) is 15.2. The average molecular weight is 616 g/mol. The van der Waals surface area contributed by atoms with Crippen LogP contribution in [-0.2, 0) is 16.1 Å². The normalized spacial score (nSPS) is 18.0. The third-order valence-electron chi connectivity index (χ3n) is 7.95. The van der Waals surface area contributed by atoms with Gasteiger partial charge in [0.1, 0.15) is 11.9 Å². The number of anilines is 3. The minimum absolute atomic E-state index is 0.0324. The molecule has 2 aliphatic rings. The van der Waals surface area contributed by atoms with Gasteiger partial charge in [-0.25, -0.2) is 14.2 Å². The summed E-state index contributed by atoms with van der Waals surface area (Å²) < 4.78 is 26.7. The molecule has 3 atom stereocenters. The van der Waals surface area contributed by atoms with Gasteiger partial charge in [0.15, 0.2) is 11.6 Å². The largest absolute Gasteiger partial charge is 0.490 e. The summed E-state index contributed by atoms with van der Waals surface area (Å²) in [5.41, 5.74) is 9.90. The summed E-state index contributed by atoms with van der Waals surface area (Å²) in [6.07, 6.45) is 0.911. The number of aliphatic hydroxyl groups excluding tert-OH is 1. The van der Waals surface area contributed by atoms with Crippen LogP contribution in [0.3, 0.4) is 0 Å². The van der Waals surface area contributed by atoms with E-state index >= 15 is 4.39 Å². The van der Waals surface area contributed by atoms with Crippen molar-refractivity contribution in [2.45, 2.75) is 39.3 Å². The quantitative estimate of drug-likeness (QED) is 0.215. The molecule has 236 valence electrons. The van der Waals surface area contributed by atoms with Crippen LogP contribution in [0, 0.1) is 18.7 Å². The number of fused-ring (bicyclic) bond motifs is 10. The number of hydrogen-bond donors (Lipinski definition) is 4. The van der Waals surface area contributed by atoms with E-state index in [-0.39, 0.29) is 55.5 Å². The van der Waals surface area contributed by atoms with Crippen LogP contribution in [0.2, 0.25) is 0 Å². The van der Waals surface area contributed by atoms with Gasteiger partial charge in [0.05, 0.1) is 13.2 Å². The Bertz CT molecular complexity index is 1730. The molecule has 6 rings (SSSR count). The average Bonchev–Trinajstić information content (AvgIpc) is 3.01. The molecule has 2 aliphatic heterocycles. The van der Waals surface area contributed by atoms with E-state index in [0.717, 1.165) is 33.5 Å².